The number of para-hydroxylation sites is 1. The van der Waals surface area contributed by atoms with Gasteiger partial charge >= 0.3 is 6.03 Å². The van der Waals surface area contributed by atoms with Gasteiger partial charge in [-0.1, -0.05) is 12.1 Å². The molecule has 0 aliphatic heterocycles. The summed E-state index contributed by atoms with van der Waals surface area (Å²) in [5.41, 5.74) is 0.651. The average molecular weight is 422 g/mol. The van der Waals surface area contributed by atoms with E-state index in [1.807, 2.05) is 0 Å². The third-order valence-electron chi connectivity index (χ3n) is 4.32. The van der Waals surface area contributed by atoms with Crippen LogP contribution in [-0.2, 0) is 6.61 Å². The summed E-state index contributed by atoms with van der Waals surface area (Å²) in [5.74, 6) is -1.26. The first-order valence-electron chi connectivity index (χ1n) is 9.22. The van der Waals surface area contributed by atoms with Crippen molar-refractivity contribution in [2.45, 2.75) is 6.61 Å². The van der Waals surface area contributed by atoms with E-state index < -0.39 is 23.4 Å². The van der Waals surface area contributed by atoms with Crippen molar-refractivity contribution in [3.8, 4) is 5.75 Å². The topological polar surface area (TPSA) is 84.7 Å². The van der Waals surface area contributed by atoms with Crippen LogP contribution in [0.1, 0.15) is 5.69 Å². The Labute approximate surface area is 174 Å². The van der Waals surface area contributed by atoms with Crippen molar-refractivity contribution in [3.63, 3.8) is 0 Å². The second kappa shape index (κ2) is 8.62. The zero-order valence-electron chi connectivity index (χ0n) is 16.0. The smallest absolute Gasteiger partial charge is 0.323 e. The van der Waals surface area contributed by atoms with E-state index in [2.05, 4.69) is 15.6 Å². The van der Waals surface area contributed by atoms with Crippen LogP contribution in [0.4, 0.5) is 25.0 Å². The van der Waals surface area contributed by atoms with Crippen molar-refractivity contribution < 1.29 is 18.3 Å². The van der Waals surface area contributed by atoms with Gasteiger partial charge in [-0.25, -0.2) is 18.6 Å². The van der Waals surface area contributed by atoms with Gasteiger partial charge in [-0.3, -0.25) is 9.20 Å². The maximum absolute atomic E-state index is 13.6. The van der Waals surface area contributed by atoms with Gasteiger partial charge < -0.3 is 15.4 Å². The molecule has 2 aromatic heterocycles. The molecule has 31 heavy (non-hydrogen) atoms. The maximum atomic E-state index is 13.6. The van der Waals surface area contributed by atoms with Gasteiger partial charge in [-0.2, -0.15) is 0 Å². The highest BCUT2D eigenvalue weighted by Gasteiger charge is 2.12. The van der Waals surface area contributed by atoms with Crippen LogP contribution in [0.5, 0.6) is 5.75 Å². The number of carbonyl (C=O) groups is 1. The number of aromatic nitrogens is 2. The normalized spacial score (nSPS) is 10.6. The molecule has 0 unspecified atom stereocenters. The number of urea groups is 1. The van der Waals surface area contributed by atoms with Crippen molar-refractivity contribution in [2.75, 3.05) is 10.6 Å². The van der Waals surface area contributed by atoms with Gasteiger partial charge in [0.2, 0.25) is 0 Å². The molecule has 2 amide bonds. The van der Waals surface area contributed by atoms with Crippen LogP contribution < -0.4 is 20.9 Å². The number of carbonyl (C=O) groups excluding carboxylic acids is 1. The summed E-state index contributed by atoms with van der Waals surface area (Å²) in [6.45, 7) is 0.0838. The van der Waals surface area contributed by atoms with E-state index in [1.165, 1.54) is 16.5 Å². The van der Waals surface area contributed by atoms with Crippen LogP contribution in [0.2, 0.25) is 0 Å². The molecule has 156 valence electrons. The van der Waals surface area contributed by atoms with Gasteiger partial charge in [0, 0.05) is 18.0 Å². The number of amides is 2. The number of rotatable bonds is 5. The Morgan fingerprint density at radius 3 is 2.45 bits per heavy atom. The quantitative estimate of drug-likeness (QED) is 0.505. The number of pyridine rings is 1. The summed E-state index contributed by atoms with van der Waals surface area (Å²) in [4.78, 5) is 28.5. The molecule has 2 heterocycles. The first kappa shape index (κ1) is 20.0. The molecule has 0 fully saturated rings. The summed E-state index contributed by atoms with van der Waals surface area (Å²) < 4.78 is 34.3. The third-order valence-corrected chi connectivity index (χ3v) is 4.32. The van der Waals surface area contributed by atoms with E-state index in [9.17, 15) is 18.4 Å². The minimum atomic E-state index is -0.874. The summed E-state index contributed by atoms with van der Waals surface area (Å²) in [5, 5.41) is 4.62. The molecular formula is C22H16F2N4O3. The zero-order chi connectivity index (χ0) is 21.8. The number of halogens is 2. The van der Waals surface area contributed by atoms with E-state index >= 15 is 0 Å². The highest BCUT2D eigenvalue weighted by Crippen LogP contribution is 2.20. The van der Waals surface area contributed by atoms with Crippen LogP contribution >= 0.6 is 0 Å². The maximum Gasteiger partial charge on any atom is 0.323 e. The number of fused-ring (bicyclic) bond motifs is 1. The molecule has 0 radical (unpaired) electrons. The van der Waals surface area contributed by atoms with E-state index in [1.54, 1.807) is 48.7 Å². The van der Waals surface area contributed by atoms with Crippen molar-refractivity contribution in [1.29, 1.82) is 0 Å². The number of nitrogens with one attached hydrogen (secondary N) is 2. The van der Waals surface area contributed by atoms with Crippen molar-refractivity contribution in [3.05, 3.63) is 101 Å². The average Bonchev–Trinajstić information content (AvgIpc) is 2.76. The summed E-state index contributed by atoms with van der Waals surface area (Å²) in [6, 6.07) is 15.5. The van der Waals surface area contributed by atoms with E-state index in [-0.39, 0.29) is 12.2 Å². The molecule has 0 saturated carbocycles. The first-order valence-corrected chi connectivity index (χ1v) is 9.22. The highest BCUT2D eigenvalue weighted by molar-refractivity contribution is 5.99. The molecule has 0 spiro atoms. The Hall–Kier alpha value is -4.27. The molecule has 9 heteroatoms. The number of hydrogen-bond donors (Lipinski definition) is 2. The summed E-state index contributed by atoms with van der Waals surface area (Å²) in [7, 11) is 0. The summed E-state index contributed by atoms with van der Waals surface area (Å²) >= 11 is 0. The van der Waals surface area contributed by atoms with Gasteiger partial charge in [0.25, 0.3) is 5.56 Å². The number of anilines is 2. The largest absolute Gasteiger partial charge is 0.487 e. The first-order chi connectivity index (χ1) is 15.0. The molecule has 0 atom stereocenters. The number of ether oxygens (including phenoxy) is 1. The second-order valence-corrected chi connectivity index (χ2v) is 6.50. The summed E-state index contributed by atoms with van der Waals surface area (Å²) in [6.07, 6.45) is 1.64. The minimum Gasteiger partial charge on any atom is -0.487 e. The van der Waals surface area contributed by atoms with Crippen LogP contribution in [0.15, 0.2) is 77.7 Å². The monoisotopic (exact) mass is 422 g/mol. The Morgan fingerprint density at radius 2 is 1.71 bits per heavy atom. The molecule has 0 aliphatic rings. The lowest BCUT2D eigenvalue weighted by molar-refractivity contribution is 0.262. The van der Waals surface area contributed by atoms with Crippen LogP contribution in [-0.4, -0.2) is 15.4 Å². The minimum absolute atomic E-state index is 0.0838. The Kier molecular flexibility index (Phi) is 5.57. The molecule has 2 N–H and O–H groups in total. The van der Waals surface area contributed by atoms with Gasteiger partial charge in [0.1, 0.15) is 35.3 Å². The molecular weight excluding hydrogens is 406 g/mol. The molecule has 7 nitrogen and oxygen atoms in total. The molecule has 0 saturated heterocycles. The molecule has 4 rings (SSSR count). The van der Waals surface area contributed by atoms with Gasteiger partial charge in [-0.05, 0) is 48.5 Å². The predicted molar refractivity (Wildman–Crippen MR) is 111 cm³/mol. The lowest BCUT2D eigenvalue weighted by atomic mass is 10.3. The van der Waals surface area contributed by atoms with Gasteiger partial charge in [0.05, 0.1) is 5.69 Å². The lowest BCUT2D eigenvalue weighted by Gasteiger charge is -2.10. The fourth-order valence-electron chi connectivity index (χ4n) is 2.86. The highest BCUT2D eigenvalue weighted by atomic mass is 19.1. The lowest BCUT2D eigenvalue weighted by Crippen LogP contribution is -2.20. The molecule has 0 aliphatic carbocycles. The number of benzene rings is 2. The van der Waals surface area contributed by atoms with E-state index in [0.717, 1.165) is 12.1 Å². The van der Waals surface area contributed by atoms with Gasteiger partial charge in [-0.15, -0.1) is 0 Å². The fourth-order valence-corrected chi connectivity index (χ4v) is 2.86. The Balaban J connectivity index is 1.37. The fraction of sp³-hybridized carbons (Fsp3) is 0.0455. The van der Waals surface area contributed by atoms with Crippen LogP contribution in [0.3, 0.4) is 0 Å². The molecule has 0 bridgehead atoms. The SMILES string of the molecule is O=C(Nc1ccc(OCc2cc(=O)n3ccccc3n2)cc1)Nc1c(F)cccc1F. The number of hydrogen-bond acceptors (Lipinski definition) is 4. The zero-order valence-corrected chi connectivity index (χ0v) is 16.0. The predicted octanol–water partition coefficient (Wildman–Crippen LogP) is 4.20. The van der Waals surface area contributed by atoms with E-state index in [0.29, 0.717) is 22.8 Å². The standard InChI is InChI=1S/C22H16F2N4O3/c23-17-4-3-5-18(24)21(17)27-22(30)26-14-7-9-16(10-8-14)31-13-15-12-20(29)28-11-2-1-6-19(28)25-15/h1-12H,13H2,(H2,26,27,30). The Morgan fingerprint density at radius 1 is 0.968 bits per heavy atom. The Bertz CT molecular complexity index is 1290. The van der Waals surface area contributed by atoms with Crippen molar-refractivity contribution in [1.82, 2.24) is 9.38 Å². The molecule has 2 aromatic carbocycles. The van der Waals surface area contributed by atoms with E-state index in [4.69, 9.17) is 4.74 Å². The van der Waals surface area contributed by atoms with Crippen molar-refractivity contribution in [2.24, 2.45) is 0 Å². The number of nitrogens with zero attached hydrogens (tertiary/aromatic N) is 2. The van der Waals surface area contributed by atoms with Crippen molar-refractivity contribution >= 4 is 23.1 Å². The third kappa shape index (κ3) is 4.67. The second-order valence-electron chi connectivity index (χ2n) is 6.50. The van der Waals surface area contributed by atoms with Crippen LogP contribution in [0, 0.1) is 11.6 Å². The van der Waals surface area contributed by atoms with Crippen LogP contribution in [0.25, 0.3) is 5.65 Å². The molecule has 4 aromatic rings. The van der Waals surface area contributed by atoms with Gasteiger partial charge in [0.15, 0.2) is 0 Å².